The van der Waals surface area contributed by atoms with Crippen LogP contribution in [0.1, 0.15) is 23.9 Å². The molecule has 2 aromatic carbocycles. The Morgan fingerprint density at radius 1 is 1.22 bits per heavy atom. The highest BCUT2D eigenvalue weighted by atomic mass is 79.9. The molecule has 3 aromatic rings. The van der Waals surface area contributed by atoms with Crippen molar-refractivity contribution in [1.82, 2.24) is 9.55 Å². The van der Waals surface area contributed by atoms with E-state index < -0.39 is 15.9 Å². The standard InChI is InChI=1S/C20H21BrN2O3S/c21-16-5-3-4-15(11-16)19(24)12-23-18-7-2-1-6-17(18)22-20(23)10-14-8-9-27(25,26)13-14/h1-7,11,14,19,24H,8-10,12-13H2/t14-,19+/m0/s1. The van der Waals surface area contributed by atoms with Gasteiger partial charge < -0.3 is 9.67 Å². The molecule has 7 heteroatoms. The van der Waals surface area contributed by atoms with Crippen LogP contribution >= 0.6 is 15.9 Å². The summed E-state index contributed by atoms with van der Waals surface area (Å²) in [5, 5.41) is 10.8. The molecular weight excluding hydrogens is 428 g/mol. The van der Waals surface area contributed by atoms with Gasteiger partial charge in [-0.3, -0.25) is 0 Å². The average Bonchev–Trinajstić information content (AvgIpc) is 3.15. The number of aliphatic hydroxyl groups excluding tert-OH is 1. The summed E-state index contributed by atoms with van der Waals surface area (Å²) in [5.41, 5.74) is 2.66. The molecule has 142 valence electrons. The normalized spacial score (nSPS) is 20.1. The molecular formula is C20H21BrN2O3S. The second kappa shape index (κ2) is 7.37. The van der Waals surface area contributed by atoms with Crippen molar-refractivity contribution in [2.24, 2.45) is 5.92 Å². The fourth-order valence-corrected chi connectivity index (χ4v) is 6.05. The summed E-state index contributed by atoms with van der Waals surface area (Å²) in [6.07, 6.45) is 0.616. The van der Waals surface area contributed by atoms with E-state index in [1.807, 2.05) is 53.1 Å². The molecule has 0 spiro atoms. The van der Waals surface area contributed by atoms with Crippen LogP contribution in [-0.2, 0) is 22.8 Å². The lowest BCUT2D eigenvalue weighted by Crippen LogP contribution is -2.15. The van der Waals surface area contributed by atoms with Crippen molar-refractivity contribution in [1.29, 1.82) is 0 Å². The molecule has 1 aromatic heterocycles. The highest BCUT2D eigenvalue weighted by Gasteiger charge is 2.29. The maximum atomic E-state index is 11.8. The van der Waals surface area contributed by atoms with Gasteiger partial charge in [-0.15, -0.1) is 0 Å². The zero-order valence-electron chi connectivity index (χ0n) is 14.8. The molecule has 2 atom stereocenters. The van der Waals surface area contributed by atoms with E-state index in [0.717, 1.165) is 26.9 Å². The van der Waals surface area contributed by atoms with Gasteiger partial charge in [0.25, 0.3) is 0 Å². The van der Waals surface area contributed by atoms with Crippen molar-refractivity contribution in [3.05, 3.63) is 64.4 Å². The quantitative estimate of drug-likeness (QED) is 0.647. The predicted octanol–water partition coefficient (Wildman–Crippen LogP) is 3.51. The minimum Gasteiger partial charge on any atom is -0.387 e. The summed E-state index contributed by atoms with van der Waals surface area (Å²) in [7, 11) is -2.92. The Bertz CT molecular complexity index is 1080. The first-order valence-electron chi connectivity index (χ1n) is 8.99. The molecule has 1 saturated heterocycles. The first kappa shape index (κ1) is 18.7. The van der Waals surface area contributed by atoms with Gasteiger partial charge in [0.15, 0.2) is 9.84 Å². The number of aromatic nitrogens is 2. The van der Waals surface area contributed by atoms with E-state index >= 15 is 0 Å². The third kappa shape index (κ3) is 4.10. The van der Waals surface area contributed by atoms with Crippen molar-refractivity contribution < 1.29 is 13.5 Å². The molecule has 0 aliphatic carbocycles. The summed E-state index contributed by atoms with van der Waals surface area (Å²) < 4.78 is 26.6. The summed E-state index contributed by atoms with van der Waals surface area (Å²) in [5.74, 6) is 1.42. The Morgan fingerprint density at radius 2 is 2.04 bits per heavy atom. The number of sulfone groups is 1. The third-order valence-corrected chi connectivity index (χ3v) is 7.45. The lowest BCUT2D eigenvalue weighted by molar-refractivity contribution is 0.156. The molecule has 1 aliphatic heterocycles. The summed E-state index contributed by atoms with van der Waals surface area (Å²) in [6.45, 7) is 0.381. The van der Waals surface area contributed by atoms with E-state index in [9.17, 15) is 13.5 Å². The molecule has 5 nitrogen and oxygen atoms in total. The first-order chi connectivity index (χ1) is 12.9. The monoisotopic (exact) mass is 448 g/mol. The number of hydrogen-bond donors (Lipinski definition) is 1. The van der Waals surface area contributed by atoms with Crippen LogP contribution in [0.3, 0.4) is 0 Å². The Kier molecular flexibility index (Phi) is 5.09. The molecule has 0 bridgehead atoms. The van der Waals surface area contributed by atoms with E-state index in [1.165, 1.54) is 0 Å². The fraction of sp³-hybridized carbons (Fsp3) is 0.350. The minimum absolute atomic E-state index is 0.0913. The number of rotatable bonds is 5. The molecule has 0 radical (unpaired) electrons. The van der Waals surface area contributed by atoms with Crippen LogP contribution in [0.5, 0.6) is 0 Å². The van der Waals surface area contributed by atoms with Gasteiger partial charge in [-0.05, 0) is 42.2 Å². The van der Waals surface area contributed by atoms with Gasteiger partial charge in [0.1, 0.15) is 5.82 Å². The van der Waals surface area contributed by atoms with Crippen molar-refractivity contribution in [3.8, 4) is 0 Å². The van der Waals surface area contributed by atoms with Gasteiger partial charge in [-0.2, -0.15) is 0 Å². The molecule has 0 unspecified atom stereocenters. The van der Waals surface area contributed by atoms with E-state index in [0.29, 0.717) is 19.4 Å². The maximum absolute atomic E-state index is 11.8. The van der Waals surface area contributed by atoms with Crippen LogP contribution in [0.25, 0.3) is 11.0 Å². The lowest BCUT2D eigenvalue weighted by atomic mass is 10.0. The highest BCUT2D eigenvalue weighted by Crippen LogP contribution is 2.27. The summed E-state index contributed by atoms with van der Waals surface area (Å²) >= 11 is 3.44. The van der Waals surface area contributed by atoms with Crippen molar-refractivity contribution >= 4 is 36.8 Å². The number of para-hydroxylation sites is 2. The summed E-state index contributed by atoms with van der Waals surface area (Å²) in [4.78, 5) is 4.74. The minimum atomic E-state index is -2.92. The molecule has 2 heterocycles. The number of nitrogens with zero attached hydrogens (tertiary/aromatic N) is 2. The van der Waals surface area contributed by atoms with Gasteiger partial charge >= 0.3 is 0 Å². The fourth-order valence-electron chi connectivity index (χ4n) is 3.77. The third-order valence-electron chi connectivity index (χ3n) is 5.12. The van der Waals surface area contributed by atoms with Crippen molar-refractivity contribution in [2.45, 2.75) is 25.5 Å². The van der Waals surface area contributed by atoms with Crippen LogP contribution < -0.4 is 0 Å². The van der Waals surface area contributed by atoms with Crippen LogP contribution in [0.15, 0.2) is 53.0 Å². The molecule has 0 amide bonds. The lowest BCUT2D eigenvalue weighted by Gasteiger charge is -2.16. The van der Waals surface area contributed by atoms with E-state index in [2.05, 4.69) is 15.9 Å². The molecule has 4 rings (SSSR count). The van der Waals surface area contributed by atoms with Crippen molar-refractivity contribution in [2.75, 3.05) is 11.5 Å². The smallest absolute Gasteiger partial charge is 0.150 e. The number of hydrogen-bond acceptors (Lipinski definition) is 4. The largest absolute Gasteiger partial charge is 0.387 e. The van der Waals surface area contributed by atoms with Gasteiger partial charge in [0.2, 0.25) is 0 Å². The number of halogens is 1. The SMILES string of the molecule is O=S1(=O)CC[C@@H](Cc2nc3ccccc3n2C[C@@H](O)c2cccc(Br)c2)C1. The predicted molar refractivity (Wildman–Crippen MR) is 109 cm³/mol. The van der Waals surface area contributed by atoms with Crippen LogP contribution in [-0.4, -0.2) is 34.6 Å². The molecule has 1 fully saturated rings. The topological polar surface area (TPSA) is 72.2 Å². The van der Waals surface area contributed by atoms with Crippen LogP contribution in [0.2, 0.25) is 0 Å². The van der Waals surface area contributed by atoms with Crippen LogP contribution in [0.4, 0.5) is 0 Å². The Labute approximate surface area is 167 Å². The number of fused-ring (bicyclic) bond motifs is 1. The van der Waals surface area contributed by atoms with Crippen LogP contribution in [0, 0.1) is 5.92 Å². The maximum Gasteiger partial charge on any atom is 0.150 e. The van der Waals surface area contributed by atoms with E-state index in [4.69, 9.17) is 4.98 Å². The Balaban J connectivity index is 1.66. The molecule has 1 N–H and O–H groups in total. The Hall–Kier alpha value is -1.70. The zero-order chi connectivity index (χ0) is 19.0. The highest BCUT2D eigenvalue weighted by molar-refractivity contribution is 9.10. The van der Waals surface area contributed by atoms with Gasteiger partial charge in [0, 0.05) is 10.9 Å². The van der Waals surface area contributed by atoms with Crippen molar-refractivity contribution in [3.63, 3.8) is 0 Å². The van der Waals surface area contributed by atoms with Gasteiger partial charge in [0.05, 0.1) is 35.2 Å². The summed E-state index contributed by atoms with van der Waals surface area (Å²) in [6, 6.07) is 15.5. The zero-order valence-corrected chi connectivity index (χ0v) is 17.2. The molecule has 1 aliphatic rings. The van der Waals surface area contributed by atoms with Gasteiger partial charge in [-0.25, -0.2) is 13.4 Å². The van der Waals surface area contributed by atoms with E-state index in [1.54, 1.807) is 0 Å². The first-order valence-corrected chi connectivity index (χ1v) is 11.6. The Morgan fingerprint density at radius 3 is 2.78 bits per heavy atom. The molecule has 27 heavy (non-hydrogen) atoms. The van der Waals surface area contributed by atoms with Gasteiger partial charge in [-0.1, -0.05) is 40.2 Å². The second-order valence-electron chi connectivity index (χ2n) is 7.17. The number of imidazole rings is 1. The van der Waals surface area contributed by atoms with E-state index in [-0.39, 0.29) is 17.4 Å². The second-order valence-corrected chi connectivity index (χ2v) is 10.3. The number of benzene rings is 2. The average molecular weight is 449 g/mol. The molecule has 0 saturated carbocycles. The number of aliphatic hydroxyl groups is 1.